The molecule has 0 radical (unpaired) electrons. The summed E-state index contributed by atoms with van der Waals surface area (Å²) in [6.45, 7) is 5.86. The monoisotopic (exact) mass is 559 g/mol. The molecule has 9 nitrogen and oxygen atoms in total. The molecule has 6 rings (SSSR count). The van der Waals surface area contributed by atoms with Crippen LogP contribution in [-0.2, 0) is 26.3 Å². The molecule has 4 heterocycles. The number of carbonyl (C=O) groups is 4. The van der Waals surface area contributed by atoms with Crippen LogP contribution in [0.4, 0.5) is 10.1 Å². The van der Waals surface area contributed by atoms with E-state index in [4.69, 9.17) is 0 Å². The summed E-state index contributed by atoms with van der Waals surface area (Å²) in [5.74, 6) is -1.13. The number of nitrogens with one attached hydrogen (secondary N) is 1. The first-order valence-corrected chi connectivity index (χ1v) is 14.1. The lowest BCUT2D eigenvalue weighted by molar-refractivity contribution is -0.143. The van der Waals surface area contributed by atoms with Crippen LogP contribution >= 0.6 is 0 Å². The van der Waals surface area contributed by atoms with Crippen molar-refractivity contribution in [3.63, 3.8) is 0 Å². The van der Waals surface area contributed by atoms with Crippen molar-refractivity contribution >= 4 is 40.1 Å². The quantitative estimate of drug-likeness (QED) is 0.464. The number of hydrogen-bond acceptors (Lipinski definition) is 5. The first-order valence-electron chi connectivity index (χ1n) is 14.1. The zero-order chi connectivity index (χ0) is 29.1. The largest absolute Gasteiger partial charge is 0.342 e. The van der Waals surface area contributed by atoms with Crippen molar-refractivity contribution in [1.29, 1.82) is 0 Å². The number of amides is 4. The standard InChI is InChI=1S/C31H34FN5O4/c1-30(2,18-32)29(41)35-13-11-31(3,12-14-35)36-17-19(16-33-36)15-20-7-8-23-26-21(20)5-4-6-22(26)28(40)37(23)24-9-10-25(38)34-27(24)39/h4-8,16-17,24H,9-15,18H2,1-3H3,(H,34,38,39). The van der Waals surface area contributed by atoms with E-state index < -0.39 is 24.0 Å². The lowest BCUT2D eigenvalue weighted by Crippen LogP contribution is -2.53. The molecular formula is C31H34FN5O4. The Morgan fingerprint density at radius 3 is 2.61 bits per heavy atom. The zero-order valence-electron chi connectivity index (χ0n) is 23.6. The summed E-state index contributed by atoms with van der Waals surface area (Å²) >= 11 is 0. The summed E-state index contributed by atoms with van der Waals surface area (Å²) in [4.78, 5) is 53.8. The molecule has 0 bridgehead atoms. The third-order valence-corrected chi connectivity index (χ3v) is 8.96. The molecule has 2 saturated heterocycles. The minimum Gasteiger partial charge on any atom is -0.342 e. The highest BCUT2D eigenvalue weighted by Gasteiger charge is 2.41. The van der Waals surface area contributed by atoms with Crippen molar-refractivity contribution in [3.8, 4) is 0 Å². The van der Waals surface area contributed by atoms with E-state index >= 15 is 0 Å². The first kappa shape index (κ1) is 27.1. The zero-order valence-corrected chi connectivity index (χ0v) is 23.6. The number of likely N-dealkylation sites (tertiary alicyclic amines) is 1. The van der Waals surface area contributed by atoms with E-state index in [-0.39, 0.29) is 29.7 Å². The Bertz CT molecular complexity index is 1590. The summed E-state index contributed by atoms with van der Waals surface area (Å²) < 4.78 is 15.3. The number of hydrogen-bond donors (Lipinski definition) is 1. The second-order valence-corrected chi connectivity index (χ2v) is 12.4. The lowest BCUT2D eigenvalue weighted by Gasteiger charge is -2.41. The second-order valence-electron chi connectivity index (χ2n) is 12.4. The van der Waals surface area contributed by atoms with E-state index in [0.717, 1.165) is 34.7 Å². The van der Waals surface area contributed by atoms with Gasteiger partial charge in [-0.2, -0.15) is 5.10 Å². The minimum absolute atomic E-state index is 0.148. The Morgan fingerprint density at radius 2 is 1.90 bits per heavy atom. The molecule has 1 unspecified atom stereocenters. The summed E-state index contributed by atoms with van der Waals surface area (Å²) in [7, 11) is 0. The van der Waals surface area contributed by atoms with Crippen LogP contribution in [-0.4, -0.2) is 64.1 Å². The summed E-state index contributed by atoms with van der Waals surface area (Å²) in [6.07, 6.45) is 6.46. The maximum absolute atomic E-state index is 13.4. The number of halogens is 1. The normalized spacial score (nSPS) is 20.6. The van der Waals surface area contributed by atoms with Gasteiger partial charge >= 0.3 is 0 Å². The van der Waals surface area contributed by atoms with E-state index in [9.17, 15) is 23.6 Å². The van der Waals surface area contributed by atoms with Crippen LogP contribution in [0.25, 0.3) is 10.8 Å². The van der Waals surface area contributed by atoms with Crippen molar-refractivity contribution < 1.29 is 23.6 Å². The third kappa shape index (κ3) is 4.49. The van der Waals surface area contributed by atoms with Crippen molar-refractivity contribution in [3.05, 3.63) is 59.4 Å². The Labute approximate surface area is 237 Å². The van der Waals surface area contributed by atoms with Gasteiger partial charge in [-0.05, 0) is 68.7 Å². The van der Waals surface area contributed by atoms with E-state index in [2.05, 4.69) is 17.3 Å². The number of rotatable bonds is 6. The van der Waals surface area contributed by atoms with Crippen LogP contribution in [0.3, 0.4) is 0 Å². The van der Waals surface area contributed by atoms with Gasteiger partial charge in [0.05, 0.1) is 22.8 Å². The van der Waals surface area contributed by atoms with Gasteiger partial charge in [0.2, 0.25) is 17.7 Å². The average Bonchev–Trinajstić information content (AvgIpc) is 3.54. The van der Waals surface area contributed by atoms with Crippen molar-refractivity contribution in [2.24, 2.45) is 5.41 Å². The molecule has 0 aliphatic carbocycles. The SMILES string of the molecule is CC(C)(CF)C(=O)N1CCC(C)(n2cc(Cc3ccc4c5c(cccc35)C(=O)N4C3CCC(=O)NC3=O)cn2)CC1. The topological polar surface area (TPSA) is 105 Å². The molecule has 0 saturated carbocycles. The molecule has 3 aliphatic rings. The predicted molar refractivity (Wildman–Crippen MR) is 151 cm³/mol. The predicted octanol–water partition coefficient (Wildman–Crippen LogP) is 3.73. The van der Waals surface area contributed by atoms with Crippen LogP contribution in [0.5, 0.6) is 0 Å². The van der Waals surface area contributed by atoms with Gasteiger partial charge in [0.15, 0.2) is 0 Å². The van der Waals surface area contributed by atoms with Crippen LogP contribution in [0.15, 0.2) is 42.7 Å². The maximum Gasteiger partial charge on any atom is 0.259 e. The number of alkyl halides is 1. The third-order valence-electron chi connectivity index (χ3n) is 8.96. The summed E-state index contributed by atoms with van der Waals surface area (Å²) in [6, 6.07) is 8.82. The average molecular weight is 560 g/mol. The van der Waals surface area contributed by atoms with Crippen LogP contribution in [0.1, 0.15) is 67.9 Å². The molecule has 2 fully saturated rings. The van der Waals surface area contributed by atoms with Gasteiger partial charge in [0.1, 0.15) is 12.7 Å². The van der Waals surface area contributed by atoms with Gasteiger partial charge in [-0.25, -0.2) is 4.39 Å². The first-order chi connectivity index (χ1) is 19.5. The van der Waals surface area contributed by atoms with Gasteiger partial charge in [0.25, 0.3) is 5.91 Å². The number of carbonyl (C=O) groups excluding carboxylic acids is 4. The van der Waals surface area contributed by atoms with Crippen LogP contribution in [0.2, 0.25) is 0 Å². The minimum atomic E-state index is -1.00. The molecule has 4 amide bonds. The van der Waals surface area contributed by atoms with E-state index in [1.54, 1.807) is 24.8 Å². The van der Waals surface area contributed by atoms with Crippen LogP contribution < -0.4 is 10.2 Å². The van der Waals surface area contributed by atoms with Crippen molar-refractivity contribution in [2.75, 3.05) is 24.7 Å². The van der Waals surface area contributed by atoms with E-state index in [0.29, 0.717) is 37.2 Å². The fourth-order valence-electron chi connectivity index (χ4n) is 6.33. The number of anilines is 1. The highest BCUT2D eigenvalue weighted by Crippen LogP contribution is 2.41. The Balaban J connectivity index is 1.22. The Kier molecular flexibility index (Phi) is 6.47. The molecule has 3 aliphatic heterocycles. The molecule has 3 aromatic rings. The number of imide groups is 1. The molecule has 41 heavy (non-hydrogen) atoms. The molecule has 1 N–H and O–H groups in total. The van der Waals surface area contributed by atoms with Crippen LogP contribution in [0, 0.1) is 5.41 Å². The molecule has 10 heteroatoms. The fraction of sp³-hybridized carbons (Fsp3) is 0.452. The lowest BCUT2D eigenvalue weighted by atomic mass is 9.87. The highest BCUT2D eigenvalue weighted by atomic mass is 19.1. The fourth-order valence-corrected chi connectivity index (χ4v) is 6.33. The molecular weight excluding hydrogens is 525 g/mol. The van der Waals surface area contributed by atoms with Crippen molar-refractivity contribution in [1.82, 2.24) is 20.0 Å². The molecule has 2 aromatic carbocycles. The molecule has 1 aromatic heterocycles. The molecule has 0 spiro atoms. The van der Waals surface area contributed by atoms with Crippen molar-refractivity contribution in [2.45, 2.75) is 64.5 Å². The number of aromatic nitrogens is 2. The smallest absolute Gasteiger partial charge is 0.259 e. The van der Waals surface area contributed by atoms with Gasteiger partial charge < -0.3 is 4.90 Å². The van der Waals surface area contributed by atoms with Gasteiger partial charge in [0, 0.05) is 43.1 Å². The number of benzene rings is 2. The van der Waals surface area contributed by atoms with E-state index in [1.807, 2.05) is 41.3 Å². The highest BCUT2D eigenvalue weighted by molar-refractivity contribution is 6.27. The van der Waals surface area contributed by atoms with Gasteiger partial charge in [-0.1, -0.05) is 18.2 Å². The summed E-state index contributed by atoms with van der Waals surface area (Å²) in [5.41, 5.74) is 2.06. The summed E-state index contributed by atoms with van der Waals surface area (Å²) in [5, 5.41) is 8.83. The second kappa shape index (κ2) is 9.78. The molecule has 1 atom stereocenters. The molecule has 214 valence electrons. The van der Waals surface area contributed by atoms with Gasteiger partial charge in [-0.15, -0.1) is 0 Å². The van der Waals surface area contributed by atoms with E-state index in [1.165, 1.54) is 4.90 Å². The number of piperidine rings is 2. The van der Waals surface area contributed by atoms with Gasteiger partial charge in [-0.3, -0.25) is 34.1 Å². The number of nitrogens with zero attached hydrogens (tertiary/aromatic N) is 4. The Hall–Kier alpha value is -4.08. The maximum atomic E-state index is 13.4. The Morgan fingerprint density at radius 1 is 1.15 bits per heavy atom.